The van der Waals surface area contributed by atoms with Crippen molar-refractivity contribution in [2.45, 2.75) is 13.8 Å². The Morgan fingerprint density at radius 2 is 1.61 bits per heavy atom. The highest BCUT2D eigenvalue weighted by atomic mass is 16.2. The lowest BCUT2D eigenvalue weighted by Crippen LogP contribution is -2.13. The first-order valence-electron chi connectivity index (χ1n) is 10.0. The van der Waals surface area contributed by atoms with Gasteiger partial charge in [0.15, 0.2) is 0 Å². The number of aromatic nitrogens is 2. The average Bonchev–Trinajstić information content (AvgIpc) is 3.09. The van der Waals surface area contributed by atoms with E-state index in [4.69, 9.17) is 4.98 Å². The molecule has 5 rings (SSSR count). The number of nitrogens with one attached hydrogen (secondary N) is 2. The summed E-state index contributed by atoms with van der Waals surface area (Å²) in [6.07, 6.45) is 0. The van der Waals surface area contributed by atoms with Crippen molar-refractivity contribution in [3.8, 4) is 0 Å². The van der Waals surface area contributed by atoms with Gasteiger partial charge in [0.2, 0.25) is 5.91 Å². The molecule has 152 valence electrons. The van der Waals surface area contributed by atoms with Crippen LogP contribution in [-0.4, -0.2) is 21.2 Å². The number of aryl methyl sites for hydroxylation is 1. The minimum absolute atomic E-state index is 0.184. The van der Waals surface area contributed by atoms with E-state index < -0.39 is 0 Å². The first-order chi connectivity index (χ1) is 15.0. The largest absolute Gasteiger partial charge is 0.326 e. The van der Waals surface area contributed by atoms with Gasteiger partial charge in [-0.05, 0) is 37.3 Å². The highest BCUT2D eigenvalue weighted by molar-refractivity contribution is 6.19. The molecule has 5 aromatic rings. The van der Waals surface area contributed by atoms with Crippen molar-refractivity contribution in [3.05, 3.63) is 84.2 Å². The number of rotatable bonds is 3. The van der Waals surface area contributed by atoms with Crippen LogP contribution in [0.25, 0.3) is 27.3 Å². The number of para-hydroxylation sites is 2. The molecule has 0 saturated carbocycles. The van der Waals surface area contributed by atoms with Crippen molar-refractivity contribution in [1.29, 1.82) is 0 Å². The molecule has 0 fully saturated rings. The number of hydrogen-bond donors (Lipinski definition) is 2. The maximum atomic E-state index is 13.2. The molecule has 0 aliphatic rings. The van der Waals surface area contributed by atoms with Crippen molar-refractivity contribution in [1.82, 2.24) is 9.38 Å². The van der Waals surface area contributed by atoms with Gasteiger partial charge < -0.3 is 10.6 Å². The smallest absolute Gasteiger partial charge is 0.255 e. The maximum absolute atomic E-state index is 13.2. The molecular formula is C25H20N4O2. The van der Waals surface area contributed by atoms with Crippen LogP contribution in [-0.2, 0) is 4.79 Å². The van der Waals surface area contributed by atoms with Crippen molar-refractivity contribution in [2.75, 3.05) is 10.6 Å². The molecule has 0 bridgehead atoms. The Hall–Kier alpha value is -4.19. The zero-order valence-electron chi connectivity index (χ0n) is 17.1. The van der Waals surface area contributed by atoms with Crippen LogP contribution in [0.4, 0.5) is 11.4 Å². The fraction of sp³-hybridized carbons (Fsp3) is 0.0800. The Morgan fingerprint density at radius 3 is 2.42 bits per heavy atom. The fourth-order valence-corrected chi connectivity index (χ4v) is 4.08. The van der Waals surface area contributed by atoms with E-state index in [-0.39, 0.29) is 11.8 Å². The second-order valence-electron chi connectivity index (χ2n) is 7.47. The lowest BCUT2D eigenvalue weighted by atomic mass is 10.1. The summed E-state index contributed by atoms with van der Waals surface area (Å²) in [6, 6.07) is 22.8. The van der Waals surface area contributed by atoms with E-state index >= 15 is 0 Å². The molecule has 0 unspecified atom stereocenters. The number of benzene rings is 3. The van der Waals surface area contributed by atoms with Gasteiger partial charge in [-0.2, -0.15) is 0 Å². The Morgan fingerprint density at radius 1 is 0.871 bits per heavy atom. The van der Waals surface area contributed by atoms with Crippen LogP contribution in [0.1, 0.15) is 23.1 Å². The maximum Gasteiger partial charge on any atom is 0.255 e. The second kappa shape index (κ2) is 7.25. The molecule has 0 aliphatic heterocycles. The Kier molecular flexibility index (Phi) is 4.40. The van der Waals surface area contributed by atoms with Crippen molar-refractivity contribution in [2.24, 2.45) is 0 Å². The summed E-state index contributed by atoms with van der Waals surface area (Å²) in [5.41, 5.74) is 4.55. The van der Waals surface area contributed by atoms with Crippen molar-refractivity contribution >= 4 is 50.5 Å². The summed E-state index contributed by atoms with van der Waals surface area (Å²) < 4.78 is 2.08. The first-order valence-corrected chi connectivity index (χ1v) is 10.0. The topological polar surface area (TPSA) is 75.5 Å². The molecule has 2 N–H and O–H groups in total. The summed E-state index contributed by atoms with van der Waals surface area (Å²) in [5.74, 6) is 0.415. The third kappa shape index (κ3) is 3.18. The monoisotopic (exact) mass is 408 g/mol. The standard InChI is InChI=1S/C25H20N4O2/c1-15-26-21-12-5-3-10-19(21)24-23(20-11-4-6-13-22(20)29(15)24)28-25(31)17-8-7-9-18(14-17)27-16(2)30/h3-14H,1-2H3,(H,27,30)(H,28,31). The summed E-state index contributed by atoms with van der Waals surface area (Å²) in [7, 11) is 0. The molecule has 2 heterocycles. The van der Waals surface area contributed by atoms with E-state index in [1.807, 2.05) is 55.5 Å². The fourth-order valence-electron chi connectivity index (χ4n) is 4.08. The normalized spacial score (nSPS) is 11.2. The highest BCUT2D eigenvalue weighted by Gasteiger charge is 2.19. The molecule has 0 atom stereocenters. The molecule has 0 aliphatic carbocycles. The van der Waals surface area contributed by atoms with Gasteiger partial charge in [0.25, 0.3) is 5.91 Å². The molecule has 6 nitrogen and oxygen atoms in total. The van der Waals surface area contributed by atoms with Gasteiger partial charge in [0.05, 0.1) is 22.2 Å². The highest BCUT2D eigenvalue weighted by Crippen LogP contribution is 2.36. The number of hydrogen-bond acceptors (Lipinski definition) is 3. The van der Waals surface area contributed by atoms with Gasteiger partial charge >= 0.3 is 0 Å². The number of nitrogens with zero attached hydrogens (tertiary/aromatic N) is 2. The van der Waals surface area contributed by atoms with Crippen molar-refractivity contribution in [3.63, 3.8) is 0 Å². The quantitative estimate of drug-likeness (QED) is 0.433. The zero-order chi connectivity index (χ0) is 21.5. The van der Waals surface area contributed by atoms with E-state index in [1.165, 1.54) is 6.92 Å². The molecule has 3 aromatic carbocycles. The van der Waals surface area contributed by atoms with Gasteiger partial charge in [0, 0.05) is 28.9 Å². The lowest BCUT2D eigenvalue weighted by molar-refractivity contribution is -0.114. The molecule has 0 saturated heterocycles. The van der Waals surface area contributed by atoms with Crippen LogP contribution in [0.5, 0.6) is 0 Å². The van der Waals surface area contributed by atoms with Gasteiger partial charge in [-0.1, -0.05) is 42.5 Å². The number of carbonyl (C=O) groups is 2. The summed E-state index contributed by atoms with van der Waals surface area (Å²) in [5, 5.41) is 7.75. The van der Waals surface area contributed by atoms with E-state index in [1.54, 1.807) is 24.3 Å². The van der Waals surface area contributed by atoms with Gasteiger partial charge in [-0.25, -0.2) is 4.98 Å². The van der Waals surface area contributed by atoms with Crippen LogP contribution >= 0.6 is 0 Å². The van der Waals surface area contributed by atoms with Crippen LogP contribution in [0.15, 0.2) is 72.8 Å². The van der Waals surface area contributed by atoms with E-state index in [0.717, 1.165) is 38.8 Å². The average molecular weight is 408 g/mol. The van der Waals surface area contributed by atoms with Crippen LogP contribution in [0.3, 0.4) is 0 Å². The van der Waals surface area contributed by atoms with E-state index in [9.17, 15) is 9.59 Å². The number of carbonyl (C=O) groups excluding carboxylic acids is 2. The number of fused-ring (bicyclic) bond motifs is 5. The second-order valence-corrected chi connectivity index (χ2v) is 7.47. The van der Waals surface area contributed by atoms with E-state index in [0.29, 0.717) is 11.3 Å². The van der Waals surface area contributed by atoms with Crippen LogP contribution < -0.4 is 10.6 Å². The Bertz CT molecular complexity index is 1500. The van der Waals surface area contributed by atoms with Crippen LogP contribution in [0, 0.1) is 6.92 Å². The molecule has 31 heavy (non-hydrogen) atoms. The number of amides is 2. The molecular weight excluding hydrogens is 388 g/mol. The van der Waals surface area contributed by atoms with Crippen molar-refractivity contribution < 1.29 is 9.59 Å². The van der Waals surface area contributed by atoms with Crippen LogP contribution in [0.2, 0.25) is 0 Å². The third-order valence-corrected chi connectivity index (χ3v) is 5.32. The predicted molar refractivity (Wildman–Crippen MR) is 124 cm³/mol. The molecule has 2 aromatic heterocycles. The molecule has 0 radical (unpaired) electrons. The molecule has 6 heteroatoms. The summed E-state index contributed by atoms with van der Waals surface area (Å²) >= 11 is 0. The zero-order valence-corrected chi connectivity index (χ0v) is 17.1. The van der Waals surface area contributed by atoms with Gasteiger partial charge in [0.1, 0.15) is 5.82 Å². The Balaban J connectivity index is 1.71. The predicted octanol–water partition coefficient (Wildman–Crippen LogP) is 5.16. The summed E-state index contributed by atoms with van der Waals surface area (Å²) in [4.78, 5) is 29.3. The molecule has 0 spiro atoms. The third-order valence-electron chi connectivity index (χ3n) is 5.32. The van der Waals surface area contributed by atoms with Gasteiger partial charge in [-0.15, -0.1) is 0 Å². The minimum atomic E-state index is -0.246. The molecule has 2 amide bonds. The lowest BCUT2D eigenvalue weighted by Gasteiger charge is -2.10. The minimum Gasteiger partial charge on any atom is -0.326 e. The van der Waals surface area contributed by atoms with E-state index in [2.05, 4.69) is 15.0 Å². The first kappa shape index (κ1) is 18.8. The van der Waals surface area contributed by atoms with Gasteiger partial charge in [-0.3, -0.25) is 14.0 Å². The Labute approximate surface area is 178 Å². The number of anilines is 2. The SMILES string of the molecule is CC(=O)Nc1cccc(C(=O)Nc2c3ccccc3n3c(C)nc4ccccc4c23)c1. The summed E-state index contributed by atoms with van der Waals surface area (Å²) in [6.45, 7) is 3.40.